The van der Waals surface area contributed by atoms with Crippen LogP contribution in [0.25, 0.3) is 10.9 Å². The lowest BCUT2D eigenvalue weighted by Gasteiger charge is -2.25. The van der Waals surface area contributed by atoms with E-state index in [0.29, 0.717) is 48.7 Å². The molecule has 1 aromatic heterocycles. The number of halogens is 4. The fourth-order valence-corrected chi connectivity index (χ4v) is 3.84. The van der Waals surface area contributed by atoms with Crippen molar-refractivity contribution in [3.8, 4) is 0 Å². The SMILES string of the molecule is NC(C(=O)N1CCCN(C(=O)c2ccc3[nH]ncc3c2)CC1)c1cccc(Cl)c1.O=C(O)C(F)(F)F. The van der Waals surface area contributed by atoms with Crippen LogP contribution in [-0.2, 0) is 9.59 Å². The number of benzene rings is 2. The first-order valence-corrected chi connectivity index (χ1v) is 11.2. The average molecular weight is 526 g/mol. The summed E-state index contributed by atoms with van der Waals surface area (Å²) >= 11 is 6.02. The Hall–Kier alpha value is -3.64. The number of carbonyl (C=O) groups is 3. The van der Waals surface area contributed by atoms with Gasteiger partial charge in [0.2, 0.25) is 5.91 Å². The Bertz CT molecular complexity index is 1250. The number of nitrogens with one attached hydrogen (secondary N) is 1. The van der Waals surface area contributed by atoms with Gasteiger partial charge in [0.15, 0.2) is 0 Å². The van der Waals surface area contributed by atoms with Crippen molar-refractivity contribution < 1.29 is 32.7 Å². The minimum atomic E-state index is -5.08. The molecule has 2 amide bonds. The number of rotatable bonds is 3. The van der Waals surface area contributed by atoms with E-state index in [1.54, 1.807) is 46.3 Å². The standard InChI is InChI=1S/C21H22ClN5O2.C2HF3O2/c22-17-4-1-3-14(12-17)19(23)21(29)27-8-2-7-26(9-10-27)20(28)15-5-6-18-16(11-15)13-24-25-18;3-2(4,5)1(6)7/h1,3-6,11-13,19H,2,7-10,23H2,(H,24,25);(H,6,7). The summed E-state index contributed by atoms with van der Waals surface area (Å²) < 4.78 is 31.7. The number of alkyl halides is 3. The largest absolute Gasteiger partial charge is 0.490 e. The van der Waals surface area contributed by atoms with Gasteiger partial charge in [-0.15, -0.1) is 0 Å². The molecule has 4 N–H and O–H groups in total. The number of nitrogens with zero attached hydrogens (tertiary/aromatic N) is 3. The second-order valence-corrected chi connectivity index (χ2v) is 8.42. The third-order valence-electron chi connectivity index (χ3n) is 5.50. The molecule has 2 heterocycles. The predicted octanol–water partition coefficient (Wildman–Crippen LogP) is 3.22. The molecule has 1 saturated heterocycles. The second-order valence-electron chi connectivity index (χ2n) is 7.98. The van der Waals surface area contributed by atoms with Crippen LogP contribution in [0.1, 0.15) is 28.4 Å². The number of amides is 2. The lowest BCUT2D eigenvalue weighted by Crippen LogP contribution is -2.41. The molecule has 13 heteroatoms. The zero-order valence-electron chi connectivity index (χ0n) is 18.8. The van der Waals surface area contributed by atoms with Crippen LogP contribution in [0.3, 0.4) is 0 Å². The van der Waals surface area contributed by atoms with Gasteiger partial charge in [-0.25, -0.2) is 4.79 Å². The number of nitrogens with two attached hydrogens (primary N) is 1. The number of carboxylic acid groups (broad SMARTS) is 1. The summed E-state index contributed by atoms with van der Waals surface area (Å²) in [5.74, 6) is -2.95. The van der Waals surface area contributed by atoms with Gasteiger partial charge in [-0.1, -0.05) is 23.7 Å². The maximum atomic E-state index is 12.9. The Morgan fingerprint density at radius 2 is 1.72 bits per heavy atom. The van der Waals surface area contributed by atoms with E-state index in [2.05, 4.69) is 10.2 Å². The van der Waals surface area contributed by atoms with E-state index in [1.165, 1.54) is 0 Å². The lowest BCUT2D eigenvalue weighted by atomic mass is 10.1. The van der Waals surface area contributed by atoms with Crippen molar-refractivity contribution in [1.82, 2.24) is 20.0 Å². The molecule has 0 spiro atoms. The van der Waals surface area contributed by atoms with Gasteiger partial charge in [-0.05, 0) is 42.3 Å². The van der Waals surface area contributed by atoms with Crippen molar-refractivity contribution in [3.05, 3.63) is 64.8 Å². The van der Waals surface area contributed by atoms with Crippen LogP contribution in [0.2, 0.25) is 5.02 Å². The van der Waals surface area contributed by atoms with Gasteiger partial charge in [0.25, 0.3) is 5.91 Å². The molecule has 1 aliphatic heterocycles. The molecule has 1 fully saturated rings. The Morgan fingerprint density at radius 3 is 2.39 bits per heavy atom. The molecule has 2 aromatic carbocycles. The first kappa shape index (κ1) is 27.0. The van der Waals surface area contributed by atoms with Crippen molar-refractivity contribution in [3.63, 3.8) is 0 Å². The zero-order chi connectivity index (χ0) is 26.5. The normalized spacial score (nSPS) is 15.0. The molecule has 1 atom stereocenters. The van der Waals surface area contributed by atoms with Gasteiger partial charge < -0.3 is 20.6 Å². The molecular formula is C23H23ClF3N5O4. The van der Waals surface area contributed by atoms with Gasteiger partial charge in [0, 0.05) is 42.2 Å². The van der Waals surface area contributed by atoms with E-state index in [9.17, 15) is 22.8 Å². The van der Waals surface area contributed by atoms with Gasteiger partial charge >= 0.3 is 12.1 Å². The lowest BCUT2D eigenvalue weighted by molar-refractivity contribution is -0.192. The van der Waals surface area contributed by atoms with Crippen molar-refractivity contribution in [2.45, 2.75) is 18.6 Å². The molecule has 0 aliphatic carbocycles. The number of hydrogen-bond acceptors (Lipinski definition) is 5. The number of aromatic nitrogens is 2. The molecular weight excluding hydrogens is 503 g/mol. The fourth-order valence-electron chi connectivity index (χ4n) is 3.64. The average Bonchev–Trinajstić information content (AvgIpc) is 3.17. The minimum Gasteiger partial charge on any atom is -0.475 e. The fraction of sp³-hybridized carbons (Fsp3) is 0.304. The molecule has 0 radical (unpaired) electrons. The van der Waals surface area contributed by atoms with E-state index in [1.807, 2.05) is 12.1 Å². The molecule has 1 aliphatic rings. The summed E-state index contributed by atoms with van der Waals surface area (Å²) in [7, 11) is 0. The van der Waals surface area contributed by atoms with E-state index in [4.69, 9.17) is 27.2 Å². The number of H-pyrrole nitrogens is 1. The molecule has 1 unspecified atom stereocenters. The third kappa shape index (κ3) is 6.73. The highest BCUT2D eigenvalue weighted by molar-refractivity contribution is 6.30. The van der Waals surface area contributed by atoms with Crippen LogP contribution in [0.15, 0.2) is 48.7 Å². The van der Waals surface area contributed by atoms with Crippen LogP contribution in [-0.4, -0.2) is 75.2 Å². The summed E-state index contributed by atoms with van der Waals surface area (Å²) in [6, 6.07) is 11.8. The van der Waals surface area contributed by atoms with E-state index in [-0.39, 0.29) is 11.8 Å². The summed E-state index contributed by atoms with van der Waals surface area (Å²) in [6.07, 6.45) is -2.68. The van der Waals surface area contributed by atoms with Crippen molar-refractivity contribution in [1.29, 1.82) is 0 Å². The first-order valence-electron chi connectivity index (χ1n) is 10.8. The molecule has 192 valence electrons. The summed E-state index contributed by atoms with van der Waals surface area (Å²) in [5.41, 5.74) is 8.38. The summed E-state index contributed by atoms with van der Waals surface area (Å²) in [6.45, 7) is 2.08. The Morgan fingerprint density at radius 1 is 1.06 bits per heavy atom. The highest BCUT2D eigenvalue weighted by Gasteiger charge is 2.38. The van der Waals surface area contributed by atoms with Crippen LogP contribution < -0.4 is 5.73 Å². The van der Waals surface area contributed by atoms with Crippen molar-refractivity contribution in [2.24, 2.45) is 5.73 Å². The van der Waals surface area contributed by atoms with Gasteiger partial charge in [0.05, 0.1) is 11.7 Å². The predicted molar refractivity (Wildman–Crippen MR) is 125 cm³/mol. The monoisotopic (exact) mass is 525 g/mol. The Kier molecular flexibility index (Phi) is 8.53. The number of aromatic amines is 1. The Labute approximate surface area is 208 Å². The number of fused-ring (bicyclic) bond motifs is 1. The van der Waals surface area contributed by atoms with Crippen molar-refractivity contribution >= 4 is 40.3 Å². The van der Waals surface area contributed by atoms with E-state index in [0.717, 1.165) is 10.9 Å². The topological polar surface area (TPSA) is 133 Å². The minimum absolute atomic E-state index is 0.0402. The van der Waals surface area contributed by atoms with Gasteiger partial charge in [-0.2, -0.15) is 18.3 Å². The smallest absolute Gasteiger partial charge is 0.475 e. The van der Waals surface area contributed by atoms with E-state index < -0.39 is 18.2 Å². The molecule has 3 aromatic rings. The highest BCUT2D eigenvalue weighted by Crippen LogP contribution is 2.20. The molecule has 0 bridgehead atoms. The summed E-state index contributed by atoms with van der Waals surface area (Å²) in [4.78, 5) is 38.2. The van der Waals surface area contributed by atoms with Crippen molar-refractivity contribution in [2.75, 3.05) is 26.2 Å². The van der Waals surface area contributed by atoms with Crippen LogP contribution >= 0.6 is 11.6 Å². The quantitative estimate of drug-likeness (QED) is 0.481. The molecule has 9 nitrogen and oxygen atoms in total. The number of carbonyl (C=O) groups excluding carboxylic acids is 2. The second kappa shape index (κ2) is 11.4. The third-order valence-corrected chi connectivity index (χ3v) is 5.73. The molecule has 36 heavy (non-hydrogen) atoms. The molecule has 0 saturated carbocycles. The van der Waals surface area contributed by atoms with Gasteiger partial charge in [-0.3, -0.25) is 14.7 Å². The van der Waals surface area contributed by atoms with Crippen LogP contribution in [0.4, 0.5) is 13.2 Å². The van der Waals surface area contributed by atoms with Gasteiger partial charge in [0.1, 0.15) is 6.04 Å². The van der Waals surface area contributed by atoms with Crippen LogP contribution in [0.5, 0.6) is 0 Å². The van der Waals surface area contributed by atoms with E-state index >= 15 is 0 Å². The maximum Gasteiger partial charge on any atom is 0.490 e. The number of hydrogen-bond donors (Lipinski definition) is 3. The zero-order valence-corrected chi connectivity index (χ0v) is 19.6. The summed E-state index contributed by atoms with van der Waals surface area (Å²) in [5, 5.41) is 15.4. The maximum absolute atomic E-state index is 12.9. The van der Waals surface area contributed by atoms with Crippen LogP contribution in [0, 0.1) is 0 Å². The highest BCUT2D eigenvalue weighted by atomic mass is 35.5. The number of aliphatic carboxylic acids is 1. The Balaban J connectivity index is 0.000000454. The number of carboxylic acids is 1. The molecule has 4 rings (SSSR count). The first-order chi connectivity index (χ1) is 17.0.